The molecule has 0 aliphatic carbocycles. The van der Waals surface area contributed by atoms with Gasteiger partial charge in [-0.3, -0.25) is 9.59 Å². The second-order valence-electron chi connectivity index (χ2n) is 9.46. The zero-order valence-corrected chi connectivity index (χ0v) is 21.8. The maximum absolute atomic E-state index is 14.4. The fourth-order valence-corrected chi connectivity index (χ4v) is 5.68. The second-order valence-corrected chi connectivity index (χ2v) is 9.46. The van der Waals surface area contributed by atoms with Gasteiger partial charge >= 0.3 is 0 Å². The van der Waals surface area contributed by atoms with Crippen molar-refractivity contribution in [3.05, 3.63) is 94.5 Å². The van der Waals surface area contributed by atoms with Gasteiger partial charge in [0.1, 0.15) is 0 Å². The van der Waals surface area contributed by atoms with Crippen molar-refractivity contribution in [3.63, 3.8) is 0 Å². The van der Waals surface area contributed by atoms with Crippen LogP contribution in [-0.2, 0) is 17.8 Å². The maximum Gasteiger partial charge on any atom is 0.254 e. The molecule has 0 unspecified atom stereocenters. The van der Waals surface area contributed by atoms with Gasteiger partial charge in [0.2, 0.25) is 5.91 Å². The molecule has 0 saturated carbocycles. The van der Waals surface area contributed by atoms with E-state index in [4.69, 9.17) is 9.47 Å². The topological polar surface area (TPSA) is 59.1 Å². The van der Waals surface area contributed by atoms with Crippen LogP contribution in [0.2, 0.25) is 0 Å². The van der Waals surface area contributed by atoms with E-state index in [1.165, 1.54) is 0 Å². The highest BCUT2D eigenvalue weighted by Gasteiger charge is 2.47. The quantitative estimate of drug-likeness (QED) is 0.419. The summed E-state index contributed by atoms with van der Waals surface area (Å²) in [4.78, 5) is 31.9. The number of likely N-dealkylation sites (N-methyl/N-ethyl adjacent to an activating group) is 1. The summed E-state index contributed by atoms with van der Waals surface area (Å²) >= 11 is 0. The molecule has 3 aromatic rings. The third-order valence-corrected chi connectivity index (χ3v) is 7.36. The standard InChI is InChI=1S/C31H34N2O4/c1-4-32(20-21-12-8-7-9-13-21)31(35)28-23-14-10-11-15-24(23)30(34)33-17-16-22-18-26(36-5-2)27(37-6-3)19-25(22)29(28)33/h7-15,18-19,28-29H,4-6,16-17,20H2,1-3H3/t28-,29+/m0/s1. The van der Waals surface area contributed by atoms with E-state index in [2.05, 4.69) is 0 Å². The smallest absolute Gasteiger partial charge is 0.254 e. The highest BCUT2D eigenvalue weighted by molar-refractivity contribution is 6.01. The monoisotopic (exact) mass is 498 g/mol. The molecule has 0 bridgehead atoms. The Bertz CT molecular complexity index is 1290. The van der Waals surface area contributed by atoms with E-state index in [9.17, 15) is 9.59 Å². The molecule has 192 valence electrons. The van der Waals surface area contributed by atoms with Crippen molar-refractivity contribution in [2.75, 3.05) is 26.3 Å². The van der Waals surface area contributed by atoms with Gasteiger partial charge in [0.15, 0.2) is 11.5 Å². The number of nitrogens with zero attached hydrogens (tertiary/aromatic N) is 2. The second kappa shape index (κ2) is 10.7. The molecule has 0 N–H and O–H groups in total. The lowest BCUT2D eigenvalue weighted by Gasteiger charge is -2.46. The van der Waals surface area contributed by atoms with Gasteiger partial charge in [0.05, 0.1) is 25.2 Å². The summed E-state index contributed by atoms with van der Waals surface area (Å²) in [5.74, 6) is 0.860. The van der Waals surface area contributed by atoms with E-state index in [-0.39, 0.29) is 11.8 Å². The molecule has 2 atom stereocenters. The number of ether oxygens (including phenoxy) is 2. The zero-order chi connectivity index (χ0) is 25.9. The van der Waals surface area contributed by atoms with Gasteiger partial charge in [-0.1, -0.05) is 48.5 Å². The van der Waals surface area contributed by atoms with Crippen LogP contribution in [0.1, 0.15) is 65.3 Å². The van der Waals surface area contributed by atoms with Crippen molar-refractivity contribution in [3.8, 4) is 11.5 Å². The van der Waals surface area contributed by atoms with Crippen molar-refractivity contribution in [1.29, 1.82) is 0 Å². The highest BCUT2D eigenvalue weighted by Crippen LogP contribution is 2.49. The minimum Gasteiger partial charge on any atom is -0.490 e. The van der Waals surface area contributed by atoms with E-state index >= 15 is 0 Å². The van der Waals surface area contributed by atoms with Crippen LogP contribution in [0, 0.1) is 0 Å². The van der Waals surface area contributed by atoms with Crippen molar-refractivity contribution in [2.24, 2.45) is 0 Å². The van der Waals surface area contributed by atoms with E-state index in [1.54, 1.807) is 0 Å². The number of rotatable bonds is 8. The zero-order valence-electron chi connectivity index (χ0n) is 21.8. The summed E-state index contributed by atoms with van der Waals surface area (Å²) in [6.45, 7) is 8.59. The van der Waals surface area contributed by atoms with Gasteiger partial charge in [0.25, 0.3) is 5.91 Å². The number of carbonyl (C=O) groups is 2. The van der Waals surface area contributed by atoms with Gasteiger partial charge in [-0.25, -0.2) is 0 Å². The molecular weight excluding hydrogens is 464 g/mol. The molecule has 0 spiro atoms. The highest BCUT2D eigenvalue weighted by atomic mass is 16.5. The van der Waals surface area contributed by atoms with Gasteiger partial charge in [0, 0.05) is 25.2 Å². The normalized spacial score (nSPS) is 17.9. The molecule has 0 saturated heterocycles. The fraction of sp³-hybridized carbons (Fsp3) is 0.355. The molecule has 3 aromatic carbocycles. The lowest BCUT2D eigenvalue weighted by molar-refractivity contribution is -0.135. The molecular formula is C31H34N2O4. The largest absolute Gasteiger partial charge is 0.490 e. The Labute approximate surface area is 218 Å². The molecule has 0 fully saturated rings. The summed E-state index contributed by atoms with van der Waals surface area (Å²) in [7, 11) is 0. The van der Waals surface area contributed by atoms with Gasteiger partial charge in [-0.2, -0.15) is 0 Å². The Hall–Kier alpha value is -3.80. The van der Waals surface area contributed by atoms with Gasteiger partial charge in [-0.15, -0.1) is 0 Å². The van der Waals surface area contributed by atoms with E-state index in [1.807, 2.05) is 97.3 Å². The predicted octanol–water partition coefficient (Wildman–Crippen LogP) is 5.37. The molecule has 37 heavy (non-hydrogen) atoms. The molecule has 0 aromatic heterocycles. The van der Waals surface area contributed by atoms with Crippen LogP contribution in [0.25, 0.3) is 0 Å². The third-order valence-electron chi connectivity index (χ3n) is 7.36. The first-order valence-electron chi connectivity index (χ1n) is 13.2. The molecule has 6 heteroatoms. The minimum atomic E-state index is -0.510. The van der Waals surface area contributed by atoms with Crippen molar-refractivity contribution < 1.29 is 19.1 Å². The Kier molecular flexibility index (Phi) is 7.17. The maximum atomic E-state index is 14.4. The first kappa shape index (κ1) is 24.9. The summed E-state index contributed by atoms with van der Waals surface area (Å²) in [6, 6.07) is 21.3. The number of hydrogen-bond acceptors (Lipinski definition) is 4. The van der Waals surface area contributed by atoms with Crippen LogP contribution in [-0.4, -0.2) is 47.9 Å². The van der Waals surface area contributed by atoms with E-state index in [0.29, 0.717) is 56.3 Å². The number of benzene rings is 3. The molecule has 2 aliphatic rings. The molecule has 0 radical (unpaired) electrons. The summed E-state index contributed by atoms with van der Waals surface area (Å²) in [6.07, 6.45) is 0.703. The van der Waals surface area contributed by atoms with Crippen molar-refractivity contribution in [2.45, 2.75) is 45.7 Å². The first-order chi connectivity index (χ1) is 18.1. The lowest BCUT2D eigenvalue weighted by Crippen LogP contribution is -2.50. The van der Waals surface area contributed by atoms with Crippen LogP contribution in [0.5, 0.6) is 11.5 Å². The minimum absolute atomic E-state index is 0.0201. The predicted molar refractivity (Wildman–Crippen MR) is 143 cm³/mol. The van der Waals surface area contributed by atoms with Crippen LogP contribution >= 0.6 is 0 Å². The average molecular weight is 499 g/mol. The van der Waals surface area contributed by atoms with Crippen molar-refractivity contribution in [1.82, 2.24) is 9.80 Å². The Morgan fingerprint density at radius 1 is 0.919 bits per heavy atom. The first-order valence-corrected chi connectivity index (χ1v) is 13.2. The molecule has 2 aliphatic heterocycles. The summed E-state index contributed by atoms with van der Waals surface area (Å²) in [5, 5.41) is 0. The molecule has 5 rings (SSSR count). The summed E-state index contributed by atoms with van der Waals surface area (Å²) in [5.41, 5.74) is 4.57. The van der Waals surface area contributed by atoms with Gasteiger partial charge < -0.3 is 19.3 Å². The number of carbonyl (C=O) groups excluding carboxylic acids is 2. The average Bonchev–Trinajstić information content (AvgIpc) is 2.93. The Balaban J connectivity index is 1.63. The van der Waals surface area contributed by atoms with Crippen LogP contribution in [0.3, 0.4) is 0 Å². The molecule has 2 heterocycles. The fourth-order valence-electron chi connectivity index (χ4n) is 5.68. The van der Waals surface area contributed by atoms with E-state index < -0.39 is 12.0 Å². The van der Waals surface area contributed by atoms with Crippen LogP contribution < -0.4 is 9.47 Å². The molecule has 2 amide bonds. The lowest BCUT2D eigenvalue weighted by atomic mass is 9.75. The SMILES string of the molecule is CCOc1cc2c(cc1OCC)[C@@H]1[C@@H](C(=O)N(CC)Cc3ccccc3)c3ccccc3C(=O)N1CC2. The van der Waals surface area contributed by atoms with E-state index in [0.717, 1.165) is 22.3 Å². The van der Waals surface area contributed by atoms with Crippen LogP contribution in [0.15, 0.2) is 66.7 Å². The Morgan fingerprint density at radius 2 is 1.59 bits per heavy atom. The van der Waals surface area contributed by atoms with Crippen molar-refractivity contribution >= 4 is 11.8 Å². The molecule has 6 nitrogen and oxygen atoms in total. The number of amides is 2. The third kappa shape index (κ3) is 4.57. The van der Waals surface area contributed by atoms with Gasteiger partial charge in [-0.05, 0) is 67.6 Å². The number of fused-ring (bicyclic) bond motifs is 4. The van der Waals surface area contributed by atoms with Crippen LogP contribution in [0.4, 0.5) is 0 Å². The summed E-state index contributed by atoms with van der Waals surface area (Å²) < 4.78 is 11.8. The Morgan fingerprint density at radius 3 is 2.30 bits per heavy atom. The number of hydrogen-bond donors (Lipinski definition) is 0.